The Morgan fingerprint density at radius 3 is 2.89 bits per heavy atom. The Hall–Kier alpha value is -2.71. The summed E-state index contributed by atoms with van der Waals surface area (Å²) in [5.74, 6) is 5.31. The van der Waals surface area contributed by atoms with Crippen LogP contribution in [0.25, 0.3) is 0 Å². The molecule has 1 heterocycles. The smallest absolute Gasteiger partial charge is 0.258 e. The van der Waals surface area contributed by atoms with Gasteiger partial charge >= 0.3 is 0 Å². The van der Waals surface area contributed by atoms with E-state index in [-0.39, 0.29) is 12.5 Å². The second-order valence-electron chi connectivity index (χ2n) is 3.55. The molecule has 0 saturated carbocycles. The van der Waals surface area contributed by atoms with Crippen LogP contribution in [0.1, 0.15) is 15.9 Å². The lowest BCUT2D eigenvalue weighted by Gasteiger charge is -2.05. The minimum absolute atomic E-state index is 0.250. The van der Waals surface area contributed by atoms with Crippen LogP contribution in [0.4, 0.5) is 5.82 Å². The predicted octanol–water partition coefficient (Wildman–Crippen LogP) is 1.07. The van der Waals surface area contributed by atoms with Gasteiger partial charge in [-0.25, -0.2) is 4.98 Å². The first kappa shape index (κ1) is 12.7. The standard InChI is InChI=1S/C14H11N3O2/c18-9-3-5-11-4-1-2-6-12(11)14(19)17-13-10-15-7-8-16-13/h1-2,4,6-8,10,18H,9H2,(H,16,17,19). The maximum absolute atomic E-state index is 12.1. The highest BCUT2D eigenvalue weighted by atomic mass is 16.2. The number of aliphatic hydroxyl groups excluding tert-OH is 1. The Morgan fingerprint density at radius 2 is 2.16 bits per heavy atom. The molecule has 0 aliphatic rings. The Balaban J connectivity index is 2.24. The number of benzene rings is 1. The summed E-state index contributed by atoms with van der Waals surface area (Å²) in [5.41, 5.74) is 0.979. The molecule has 2 aromatic rings. The zero-order valence-corrected chi connectivity index (χ0v) is 10.00. The van der Waals surface area contributed by atoms with Crippen molar-refractivity contribution in [3.8, 4) is 11.8 Å². The van der Waals surface area contributed by atoms with Crippen molar-refractivity contribution in [2.24, 2.45) is 0 Å². The summed E-state index contributed by atoms with van der Waals surface area (Å²) in [6.45, 7) is -0.250. The van der Waals surface area contributed by atoms with Crippen LogP contribution >= 0.6 is 0 Å². The van der Waals surface area contributed by atoms with Crippen LogP contribution in [0.2, 0.25) is 0 Å². The van der Waals surface area contributed by atoms with Gasteiger partial charge in [-0.3, -0.25) is 9.78 Å². The molecular formula is C14H11N3O2. The van der Waals surface area contributed by atoms with Crippen LogP contribution in [0, 0.1) is 11.8 Å². The first-order chi connectivity index (χ1) is 9.31. The monoisotopic (exact) mass is 253 g/mol. The first-order valence-corrected chi connectivity index (χ1v) is 5.57. The summed E-state index contributed by atoms with van der Waals surface area (Å²) in [7, 11) is 0. The fourth-order valence-electron chi connectivity index (χ4n) is 1.47. The second-order valence-corrected chi connectivity index (χ2v) is 3.55. The quantitative estimate of drug-likeness (QED) is 0.785. The number of nitrogens with one attached hydrogen (secondary N) is 1. The van der Waals surface area contributed by atoms with E-state index in [1.807, 2.05) is 0 Å². The van der Waals surface area contributed by atoms with Gasteiger partial charge in [0.1, 0.15) is 6.61 Å². The Bertz CT molecular complexity index is 630. The summed E-state index contributed by atoms with van der Waals surface area (Å²) in [6.07, 6.45) is 4.48. The highest BCUT2D eigenvalue weighted by molar-refractivity contribution is 6.05. The molecule has 1 aromatic heterocycles. The summed E-state index contributed by atoms with van der Waals surface area (Å²) in [5, 5.41) is 11.3. The first-order valence-electron chi connectivity index (χ1n) is 5.57. The molecule has 0 aliphatic carbocycles. The van der Waals surface area contributed by atoms with Crippen molar-refractivity contribution in [1.29, 1.82) is 0 Å². The highest BCUT2D eigenvalue weighted by Crippen LogP contribution is 2.10. The molecule has 0 radical (unpaired) electrons. The minimum Gasteiger partial charge on any atom is -0.384 e. The summed E-state index contributed by atoms with van der Waals surface area (Å²) in [4.78, 5) is 19.9. The Labute approximate surface area is 110 Å². The zero-order valence-electron chi connectivity index (χ0n) is 10.00. The van der Waals surface area contributed by atoms with E-state index < -0.39 is 0 Å². The number of carbonyl (C=O) groups is 1. The second kappa shape index (κ2) is 6.28. The number of aliphatic hydroxyl groups is 1. The molecule has 94 valence electrons. The van der Waals surface area contributed by atoms with Gasteiger partial charge in [0.2, 0.25) is 0 Å². The molecule has 0 atom stereocenters. The molecule has 0 aliphatic heterocycles. The molecule has 2 N–H and O–H groups in total. The van der Waals surface area contributed by atoms with E-state index >= 15 is 0 Å². The van der Waals surface area contributed by atoms with Crippen LogP contribution in [0.3, 0.4) is 0 Å². The average molecular weight is 253 g/mol. The number of amides is 1. The molecule has 19 heavy (non-hydrogen) atoms. The summed E-state index contributed by atoms with van der Waals surface area (Å²) in [6, 6.07) is 6.90. The van der Waals surface area contributed by atoms with E-state index in [0.29, 0.717) is 16.9 Å². The fourth-order valence-corrected chi connectivity index (χ4v) is 1.47. The summed E-state index contributed by atoms with van der Waals surface area (Å²) >= 11 is 0. The minimum atomic E-state index is -0.316. The molecule has 1 aromatic carbocycles. The molecular weight excluding hydrogens is 242 g/mol. The van der Waals surface area contributed by atoms with Crippen LogP contribution in [-0.2, 0) is 0 Å². The lowest BCUT2D eigenvalue weighted by atomic mass is 10.1. The molecule has 0 spiro atoms. The van der Waals surface area contributed by atoms with Gasteiger partial charge in [0.25, 0.3) is 5.91 Å². The van der Waals surface area contributed by atoms with Gasteiger partial charge in [-0.2, -0.15) is 0 Å². The van der Waals surface area contributed by atoms with E-state index in [9.17, 15) is 4.79 Å². The average Bonchev–Trinajstić information content (AvgIpc) is 2.46. The SMILES string of the molecule is O=C(Nc1cnccn1)c1ccccc1C#CCO. The van der Waals surface area contributed by atoms with E-state index in [2.05, 4.69) is 27.1 Å². The van der Waals surface area contributed by atoms with Crippen LogP contribution in [-0.4, -0.2) is 27.6 Å². The van der Waals surface area contributed by atoms with Crippen molar-refractivity contribution in [1.82, 2.24) is 9.97 Å². The number of nitrogens with zero attached hydrogens (tertiary/aromatic N) is 2. The largest absolute Gasteiger partial charge is 0.384 e. The van der Waals surface area contributed by atoms with Crippen molar-refractivity contribution < 1.29 is 9.90 Å². The molecule has 0 unspecified atom stereocenters. The van der Waals surface area contributed by atoms with Crippen molar-refractivity contribution in [2.45, 2.75) is 0 Å². The van der Waals surface area contributed by atoms with E-state index in [4.69, 9.17) is 5.11 Å². The van der Waals surface area contributed by atoms with Gasteiger partial charge in [0.15, 0.2) is 5.82 Å². The van der Waals surface area contributed by atoms with Crippen molar-refractivity contribution >= 4 is 11.7 Å². The van der Waals surface area contributed by atoms with E-state index in [1.54, 1.807) is 24.3 Å². The predicted molar refractivity (Wildman–Crippen MR) is 70.4 cm³/mol. The molecule has 0 bridgehead atoms. The number of hydrogen-bond donors (Lipinski definition) is 2. The molecule has 5 nitrogen and oxygen atoms in total. The number of anilines is 1. The lowest BCUT2D eigenvalue weighted by Crippen LogP contribution is -2.14. The van der Waals surface area contributed by atoms with Crippen molar-refractivity contribution in [2.75, 3.05) is 11.9 Å². The summed E-state index contributed by atoms with van der Waals surface area (Å²) < 4.78 is 0. The number of carbonyl (C=O) groups excluding carboxylic acids is 1. The van der Waals surface area contributed by atoms with Gasteiger partial charge in [0, 0.05) is 18.0 Å². The Kier molecular flexibility index (Phi) is 4.21. The number of hydrogen-bond acceptors (Lipinski definition) is 4. The molecule has 0 fully saturated rings. The number of rotatable bonds is 2. The van der Waals surface area contributed by atoms with Crippen LogP contribution in [0.5, 0.6) is 0 Å². The highest BCUT2D eigenvalue weighted by Gasteiger charge is 2.10. The van der Waals surface area contributed by atoms with Gasteiger partial charge < -0.3 is 10.4 Å². The topological polar surface area (TPSA) is 75.1 Å². The number of aromatic nitrogens is 2. The van der Waals surface area contributed by atoms with Gasteiger partial charge in [-0.05, 0) is 12.1 Å². The van der Waals surface area contributed by atoms with Gasteiger partial charge in [-0.1, -0.05) is 24.0 Å². The lowest BCUT2D eigenvalue weighted by molar-refractivity contribution is 0.102. The van der Waals surface area contributed by atoms with Gasteiger partial charge in [0.05, 0.1) is 11.8 Å². The molecule has 0 saturated heterocycles. The zero-order chi connectivity index (χ0) is 13.5. The third kappa shape index (κ3) is 3.37. The molecule has 2 rings (SSSR count). The van der Waals surface area contributed by atoms with Crippen LogP contribution in [0.15, 0.2) is 42.9 Å². The Morgan fingerprint density at radius 1 is 1.32 bits per heavy atom. The third-order valence-corrected chi connectivity index (χ3v) is 2.28. The van der Waals surface area contributed by atoms with Crippen molar-refractivity contribution in [3.05, 3.63) is 54.0 Å². The fraction of sp³-hybridized carbons (Fsp3) is 0.0714. The molecule has 5 heteroatoms. The van der Waals surface area contributed by atoms with Crippen LogP contribution < -0.4 is 5.32 Å². The maximum Gasteiger partial charge on any atom is 0.258 e. The van der Waals surface area contributed by atoms with E-state index in [0.717, 1.165) is 0 Å². The normalized spacial score (nSPS) is 9.32. The van der Waals surface area contributed by atoms with Crippen molar-refractivity contribution in [3.63, 3.8) is 0 Å². The van der Waals surface area contributed by atoms with Gasteiger partial charge in [-0.15, -0.1) is 0 Å². The molecule has 1 amide bonds. The maximum atomic E-state index is 12.1. The van der Waals surface area contributed by atoms with E-state index in [1.165, 1.54) is 18.6 Å². The third-order valence-electron chi connectivity index (χ3n) is 2.28.